The van der Waals surface area contributed by atoms with Crippen LogP contribution in [0.25, 0.3) is 0 Å². The summed E-state index contributed by atoms with van der Waals surface area (Å²) in [6, 6.07) is -8.60. The van der Waals surface area contributed by atoms with Crippen LogP contribution >= 0.6 is 0 Å². The number of carboxylic acids is 2. The Balaban J connectivity index is 3.46. The van der Waals surface area contributed by atoms with Crippen molar-refractivity contribution in [1.82, 2.24) is 42.5 Å². The van der Waals surface area contributed by atoms with Gasteiger partial charge in [-0.15, -0.1) is 0 Å². The number of hydrogen-bond donors (Lipinski definition) is 17. The number of carbonyl (C=O) groups is 11. The minimum atomic E-state index is -1.81. The zero-order valence-electron chi connectivity index (χ0n) is 40.5. The van der Waals surface area contributed by atoms with E-state index in [4.69, 9.17) is 28.0 Å². The highest BCUT2D eigenvalue weighted by Gasteiger charge is 2.35. The highest BCUT2D eigenvalue weighted by atomic mass is 16.4. The van der Waals surface area contributed by atoms with Crippen molar-refractivity contribution in [3.8, 4) is 5.75 Å². The first-order valence-corrected chi connectivity index (χ1v) is 22.6. The quantitative estimate of drug-likeness (QED) is 0.0181. The van der Waals surface area contributed by atoms with Crippen molar-refractivity contribution in [3.05, 3.63) is 29.8 Å². The predicted molar refractivity (Wildman–Crippen MR) is 253 cm³/mol. The molecule has 0 saturated heterocycles. The van der Waals surface area contributed by atoms with Gasteiger partial charge in [0.1, 0.15) is 48.0 Å². The van der Waals surface area contributed by atoms with Gasteiger partial charge in [0.2, 0.25) is 53.2 Å². The molecule has 0 spiro atoms. The molecule has 0 aliphatic heterocycles. The lowest BCUT2D eigenvalue weighted by Gasteiger charge is -2.28. The van der Waals surface area contributed by atoms with Crippen LogP contribution in [0, 0.1) is 5.92 Å². The number of phenols is 1. The topological polar surface area (TPSA) is 502 Å². The fraction of sp³-hybridized carbons (Fsp3) is 0.581. The Kier molecular flexibility index (Phi) is 26.7. The Morgan fingerprint density at radius 3 is 1.58 bits per heavy atom. The van der Waals surface area contributed by atoms with E-state index in [0.29, 0.717) is 5.56 Å². The van der Waals surface area contributed by atoms with Gasteiger partial charge in [0, 0.05) is 19.4 Å². The van der Waals surface area contributed by atoms with E-state index in [-0.39, 0.29) is 56.3 Å². The monoisotopic (exact) mass is 1020 g/mol. The molecular weight excluding hydrogens is 955 g/mol. The van der Waals surface area contributed by atoms with Crippen LogP contribution in [0.15, 0.2) is 29.3 Å². The van der Waals surface area contributed by atoms with Crippen molar-refractivity contribution in [1.29, 1.82) is 0 Å². The Hall–Kier alpha value is -7.66. The van der Waals surface area contributed by atoms with Crippen molar-refractivity contribution in [2.75, 3.05) is 13.2 Å². The third kappa shape index (κ3) is 23.3. The smallest absolute Gasteiger partial charge is 0.328 e. The maximum absolute atomic E-state index is 14.1. The van der Waals surface area contributed by atoms with E-state index in [2.05, 4.69) is 47.5 Å². The Morgan fingerprint density at radius 2 is 1.07 bits per heavy atom. The molecule has 9 amide bonds. The van der Waals surface area contributed by atoms with Crippen molar-refractivity contribution in [2.24, 2.45) is 33.8 Å². The van der Waals surface area contributed by atoms with Gasteiger partial charge in [-0.25, -0.2) is 4.79 Å². The van der Waals surface area contributed by atoms with Crippen molar-refractivity contribution in [3.63, 3.8) is 0 Å². The number of aromatic hydroxyl groups is 1. The van der Waals surface area contributed by atoms with E-state index < -0.39 is 145 Å². The molecule has 0 saturated carbocycles. The normalized spacial score (nSPS) is 15.1. The summed E-state index contributed by atoms with van der Waals surface area (Å²) in [6.07, 6.45) is -3.69. The molecule has 0 heterocycles. The summed E-state index contributed by atoms with van der Waals surface area (Å²) in [6.45, 7) is 5.82. The molecule has 0 aliphatic rings. The molecule has 10 atom stereocenters. The molecule has 21 N–H and O–H groups in total. The third-order valence-electron chi connectivity index (χ3n) is 10.3. The number of nitrogens with one attached hydrogen (secondary N) is 8. The molecule has 1 aromatic carbocycles. The minimum Gasteiger partial charge on any atom is -0.508 e. The number of aliphatic hydroxyl groups excluding tert-OH is 2. The van der Waals surface area contributed by atoms with Gasteiger partial charge >= 0.3 is 11.9 Å². The van der Waals surface area contributed by atoms with Gasteiger partial charge in [0.25, 0.3) is 0 Å². The highest BCUT2D eigenvalue weighted by Crippen LogP contribution is 2.13. The average Bonchev–Trinajstić information content (AvgIpc) is 3.28. The predicted octanol–water partition coefficient (Wildman–Crippen LogP) is -6.52. The van der Waals surface area contributed by atoms with E-state index in [1.807, 2.05) is 0 Å². The number of hydrogen-bond acceptors (Lipinski definition) is 16. The fourth-order valence-corrected chi connectivity index (χ4v) is 6.39. The number of aliphatic hydroxyl groups is 2. The maximum Gasteiger partial charge on any atom is 0.328 e. The van der Waals surface area contributed by atoms with Crippen LogP contribution in [0.3, 0.4) is 0 Å². The number of aliphatic carboxylic acids is 2. The standard InChI is InChI=1S/C43H69N13O16/c1-19(2)15-27(40(69)56-33(22(5)58)42(71)72)52-39(68)29(17-31(45)60)54-38(67)28(16-23-8-10-24(59)11-9-23)53-37(66)26(7-6-14-48-43(46)47)51-41(70)30(18-57)55-35(64)21(4)49-34(63)20(3)50-36(65)25(44)12-13-32(61)62/h8-11,19-22,25-30,33,57-59H,6-7,12-18,44H2,1-5H3,(H2,45,60)(H,49,63)(H,50,65)(H,51,70)(H,52,68)(H,53,66)(H,54,67)(H,55,64)(H,56,69)(H,61,62)(H,71,72)(H4,46,47,48)/t20-,21-,22+,25-,26-,27-,28-,29-,30-,33-/m0/s1. The number of amides is 9. The Morgan fingerprint density at radius 1 is 0.597 bits per heavy atom. The number of benzene rings is 1. The molecule has 1 rings (SSSR count). The van der Waals surface area contributed by atoms with E-state index in [1.165, 1.54) is 38.1 Å². The van der Waals surface area contributed by atoms with Gasteiger partial charge in [0.05, 0.1) is 25.2 Å². The second-order valence-electron chi connectivity index (χ2n) is 17.2. The average molecular weight is 1020 g/mol. The number of carbonyl (C=O) groups excluding carboxylic acids is 9. The molecule has 0 unspecified atom stereocenters. The number of phenolic OH excluding ortho intramolecular Hbond substituents is 1. The maximum atomic E-state index is 14.1. The van der Waals surface area contributed by atoms with Crippen LogP contribution in [0.1, 0.15) is 78.7 Å². The van der Waals surface area contributed by atoms with Crippen molar-refractivity contribution >= 4 is 71.1 Å². The van der Waals surface area contributed by atoms with Crippen LogP contribution in [0.5, 0.6) is 5.75 Å². The van der Waals surface area contributed by atoms with Crippen LogP contribution in [-0.2, 0) is 59.2 Å². The number of rotatable bonds is 32. The van der Waals surface area contributed by atoms with E-state index in [0.717, 1.165) is 6.92 Å². The molecular formula is C43H69N13O16. The van der Waals surface area contributed by atoms with Crippen molar-refractivity contribution < 1.29 is 78.3 Å². The van der Waals surface area contributed by atoms with Gasteiger partial charge in [-0.05, 0) is 70.1 Å². The highest BCUT2D eigenvalue weighted by molar-refractivity contribution is 5.99. The van der Waals surface area contributed by atoms with Crippen molar-refractivity contribution in [2.45, 2.75) is 140 Å². The van der Waals surface area contributed by atoms with E-state index in [9.17, 15) is 73.2 Å². The first-order valence-electron chi connectivity index (χ1n) is 22.6. The molecule has 402 valence electrons. The number of primary amides is 1. The molecule has 29 heteroatoms. The van der Waals surface area contributed by atoms with Gasteiger partial charge in [-0.3, -0.25) is 52.9 Å². The molecule has 0 aliphatic carbocycles. The summed E-state index contributed by atoms with van der Waals surface area (Å²) < 4.78 is 0. The fourth-order valence-electron chi connectivity index (χ4n) is 6.39. The van der Waals surface area contributed by atoms with Gasteiger partial charge in [0.15, 0.2) is 12.0 Å². The Bertz CT molecular complexity index is 2100. The number of nitrogens with two attached hydrogens (primary N) is 4. The first-order chi connectivity index (χ1) is 33.6. The molecule has 0 radical (unpaired) electrons. The minimum absolute atomic E-state index is 0.0138. The van der Waals surface area contributed by atoms with Crippen LogP contribution in [0.4, 0.5) is 0 Å². The van der Waals surface area contributed by atoms with Crippen LogP contribution < -0.4 is 65.5 Å². The lowest BCUT2D eigenvalue weighted by Crippen LogP contribution is -2.61. The van der Waals surface area contributed by atoms with Gasteiger partial charge in [-0.1, -0.05) is 26.0 Å². The number of carboxylic acid groups (broad SMARTS) is 2. The molecule has 0 aromatic heterocycles. The summed E-state index contributed by atoms with van der Waals surface area (Å²) in [7, 11) is 0. The molecule has 0 bridgehead atoms. The second kappa shape index (κ2) is 30.8. The molecule has 72 heavy (non-hydrogen) atoms. The Labute approximate surface area is 413 Å². The van der Waals surface area contributed by atoms with E-state index in [1.54, 1.807) is 13.8 Å². The number of guanidine groups is 1. The van der Waals surface area contributed by atoms with Gasteiger partial charge in [-0.2, -0.15) is 0 Å². The lowest BCUT2D eigenvalue weighted by molar-refractivity contribution is -0.145. The van der Waals surface area contributed by atoms with E-state index >= 15 is 0 Å². The first kappa shape index (κ1) is 62.4. The molecule has 1 aromatic rings. The van der Waals surface area contributed by atoms with Crippen LogP contribution in [-0.4, -0.2) is 170 Å². The summed E-state index contributed by atoms with van der Waals surface area (Å²) in [5, 5.41) is 66.8. The SMILES string of the molecule is CC(C)C[C@H](NC(=O)[C@H](CC(N)=O)NC(=O)[C@H](Cc1ccc(O)cc1)NC(=O)[C@H](CCCN=C(N)N)NC(=O)[C@H](CO)NC(=O)[C@H](C)NC(=O)[C@H](C)NC(=O)[C@@H](N)CCC(=O)O)C(=O)N[C@H](C(=O)O)[C@@H](C)O. The largest absolute Gasteiger partial charge is 0.508 e. The molecule has 29 nitrogen and oxygen atoms in total. The second-order valence-corrected chi connectivity index (χ2v) is 17.2. The molecule has 0 fully saturated rings. The summed E-state index contributed by atoms with van der Waals surface area (Å²) in [5.74, 6) is -12.8. The zero-order chi connectivity index (χ0) is 55.0. The summed E-state index contributed by atoms with van der Waals surface area (Å²) in [5.41, 5.74) is 22.3. The zero-order valence-corrected chi connectivity index (χ0v) is 40.5. The summed E-state index contributed by atoms with van der Waals surface area (Å²) >= 11 is 0. The lowest BCUT2D eigenvalue weighted by atomic mass is 10.0. The summed E-state index contributed by atoms with van der Waals surface area (Å²) in [4.78, 5) is 146. The van der Waals surface area contributed by atoms with Gasteiger partial charge < -0.3 is 91.0 Å². The number of aliphatic imine (C=N–C) groups is 1. The van der Waals surface area contributed by atoms with Crippen LogP contribution in [0.2, 0.25) is 0 Å². The number of nitrogens with zero attached hydrogens (tertiary/aromatic N) is 1. The third-order valence-corrected chi connectivity index (χ3v) is 10.3.